The van der Waals surface area contributed by atoms with Crippen molar-refractivity contribution >= 4 is 108 Å². The first kappa shape index (κ1) is 154. The second kappa shape index (κ2) is 112. The molecule has 0 saturated carbocycles. The molecule has 0 fully saturated rings. The van der Waals surface area contributed by atoms with E-state index in [4.69, 9.17) is 140 Å². The van der Waals surface area contributed by atoms with Crippen molar-refractivity contribution in [3.05, 3.63) is 72.8 Å². The third-order valence-electron chi connectivity index (χ3n) is 13.6. The van der Waals surface area contributed by atoms with Gasteiger partial charge in [-0.3, -0.25) is 45.5 Å². The Labute approximate surface area is 798 Å². The summed E-state index contributed by atoms with van der Waals surface area (Å²) < 4.78 is 173. The van der Waals surface area contributed by atoms with Crippen LogP contribution in [0.4, 0.5) is 17.1 Å². The maximum atomic E-state index is 8.81. The number of methoxy groups -OCH3 is 3. The number of aliphatic hydroxyl groups is 2. The number of carbonyl (C=O) groups excluding carboxylic acids is 1. The number of nitrogens with two attached hydrogens (primary N) is 2. The van der Waals surface area contributed by atoms with Crippen molar-refractivity contribution in [2.24, 2.45) is 22.7 Å². The number of hydrogen-bond donors (Lipinski definition) is 4. The van der Waals surface area contributed by atoms with Gasteiger partial charge in [0.25, 0.3) is 0 Å². The fourth-order valence-electron chi connectivity index (χ4n) is 7.99. The summed E-state index contributed by atoms with van der Waals surface area (Å²) in [5, 5.41) is 14.6. The number of anilines is 2. The van der Waals surface area contributed by atoms with Crippen LogP contribution in [0.2, 0.25) is 88.6 Å². The Kier molecular flexibility index (Phi) is 138. The quantitative estimate of drug-likeness (QED) is 0.0104. The van der Waals surface area contributed by atoms with Crippen molar-refractivity contribution in [2.75, 3.05) is 154 Å². The van der Waals surface area contributed by atoms with Gasteiger partial charge in [0.1, 0.15) is 43.6 Å². The zero-order valence-electron chi connectivity index (χ0n) is 83.9. The number of aliphatic hydroxyl groups excluding tert-OH is 2. The van der Waals surface area contributed by atoms with E-state index in [1.807, 2.05) is 121 Å². The van der Waals surface area contributed by atoms with Crippen molar-refractivity contribution in [3.8, 4) is 17.2 Å². The molecule has 32 nitrogen and oxygen atoms in total. The Morgan fingerprint density at radius 2 is 0.584 bits per heavy atom. The molecular formula is C82H175IN3NaO29Si9. The van der Waals surface area contributed by atoms with Crippen molar-refractivity contribution in [3.63, 3.8) is 0 Å². The van der Waals surface area contributed by atoms with Crippen LogP contribution in [0.3, 0.4) is 0 Å². The number of benzene rings is 3. The molecule has 0 aromatic heterocycles. The number of carbonyl (C=O) groups is 1. The van der Waals surface area contributed by atoms with Gasteiger partial charge in [0.2, 0.25) is 0 Å². The SMILES string of the molecule is CC(C)C.CC(C)C.CC(C)C.CC=Nc1cccc(OCCC[Si](C)(C)OC)c1.CC=O.CCO.CCO[Si](CCCOC)(OCC)OCC.CCO[Si](CCCOc1cccc(N)c1)(OCC)OCC.CO.COCCC[Si](C)(C)OC.COCCC[Si](C)(C)OC.CO[Si](C)(C)CCCOc1cccc(N)c1.O=[Si]=O.O=[Si]=O.O=[Si]=O.[Na+].[O-][I+3]([O-])([O-])[O-]. The number of ether oxygens (including phenoxy) is 6. The Hall–Kier alpha value is -2.28. The second-order valence-corrected chi connectivity index (χ2v) is 55.2. The number of nitrogen functional groups attached to an aromatic ring is 2. The molecule has 0 aliphatic rings. The van der Waals surface area contributed by atoms with E-state index < -0.39 is 98.8 Å². The summed E-state index contributed by atoms with van der Waals surface area (Å²) in [7, 11) is -1.29. The van der Waals surface area contributed by atoms with Gasteiger partial charge in [0.05, 0.1) is 25.5 Å². The summed E-state index contributed by atoms with van der Waals surface area (Å²) in [5.41, 5.74) is 13.8. The first-order valence-electron chi connectivity index (χ1n) is 41.8. The molecule has 6 N–H and O–H groups in total. The molecule has 736 valence electrons. The minimum atomic E-state index is -5.94. The third-order valence-corrected chi connectivity index (χ3v) is 30.5. The van der Waals surface area contributed by atoms with Crippen LogP contribution in [0.25, 0.3) is 0 Å². The van der Waals surface area contributed by atoms with Gasteiger partial charge in [-0.25, -0.2) is 0 Å². The predicted molar refractivity (Wildman–Crippen MR) is 505 cm³/mol. The Morgan fingerprint density at radius 3 is 0.768 bits per heavy atom. The minimum absolute atomic E-state index is 0. The summed E-state index contributed by atoms with van der Waals surface area (Å²) in [4.78, 5) is 13.0. The summed E-state index contributed by atoms with van der Waals surface area (Å²) in [6.45, 7) is 62.6. The predicted octanol–water partition coefficient (Wildman–Crippen LogP) is 8.02. The van der Waals surface area contributed by atoms with E-state index in [1.54, 1.807) is 62.9 Å². The molecule has 0 atom stereocenters. The first-order chi connectivity index (χ1) is 58.0. The fourth-order valence-corrected chi connectivity index (χ4v) is 18.0. The van der Waals surface area contributed by atoms with E-state index in [0.717, 1.165) is 156 Å². The largest absolute Gasteiger partial charge is 1.00 e. The molecule has 125 heavy (non-hydrogen) atoms. The smallest absolute Gasteiger partial charge is 0.494 e. The summed E-state index contributed by atoms with van der Waals surface area (Å²) in [5.74, 6) is 5.01. The number of aldehydes is 1. The topological polar surface area (TPSA) is 464 Å². The maximum Gasteiger partial charge on any atom is 1.00 e. The maximum absolute atomic E-state index is 8.81. The van der Waals surface area contributed by atoms with Crippen LogP contribution in [0, 0.1) is 17.8 Å². The van der Waals surface area contributed by atoms with Crippen LogP contribution in [0.15, 0.2) is 77.8 Å². The van der Waals surface area contributed by atoms with E-state index in [-0.39, 0.29) is 36.2 Å². The minimum Gasteiger partial charge on any atom is -0.494 e. The van der Waals surface area contributed by atoms with Crippen LogP contribution in [-0.4, -0.2) is 244 Å². The second-order valence-electron chi connectivity index (χ2n) is 29.4. The van der Waals surface area contributed by atoms with E-state index >= 15 is 0 Å². The molecule has 43 heteroatoms. The Bertz CT molecular complexity index is 2700. The molecular weight excluding hydrogens is 1890 g/mol. The van der Waals surface area contributed by atoms with Crippen LogP contribution in [0.1, 0.15) is 163 Å². The van der Waals surface area contributed by atoms with Crippen LogP contribution >= 0.6 is 0 Å². The molecule has 3 rings (SSSR count). The summed E-state index contributed by atoms with van der Waals surface area (Å²) in [6, 6.07) is 29.0. The number of rotatable bonds is 44. The van der Waals surface area contributed by atoms with Crippen LogP contribution in [0.5, 0.6) is 17.2 Å². The zero-order chi connectivity index (χ0) is 99.4. The Balaban J connectivity index is -0.0000000924. The summed E-state index contributed by atoms with van der Waals surface area (Å²) >= 11 is -5.94. The van der Waals surface area contributed by atoms with Gasteiger partial charge < -0.3 is 99.2 Å². The van der Waals surface area contributed by atoms with Gasteiger partial charge in [-0.2, -0.15) is 0 Å². The summed E-state index contributed by atoms with van der Waals surface area (Å²) in [6.07, 6.45) is 8.60. The van der Waals surface area contributed by atoms with E-state index in [1.165, 1.54) is 19.0 Å². The number of nitrogens with zero attached hydrogens (tertiary/aromatic N) is 1. The van der Waals surface area contributed by atoms with Gasteiger partial charge >= 0.3 is 75.0 Å². The molecule has 3 aromatic carbocycles. The Morgan fingerprint density at radius 1 is 0.400 bits per heavy atom. The van der Waals surface area contributed by atoms with Gasteiger partial charge in [-0.1, -0.05) is 80.5 Å². The molecule has 0 heterocycles. The number of aliphatic imine (C=N–C) groups is 1. The molecule has 0 unspecified atom stereocenters. The van der Waals surface area contributed by atoms with E-state index in [0.29, 0.717) is 51.9 Å². The molecule has 0 bridgehead atoms. The first-order valence-corrected chi connectivity index (χ1v) is 64.1. The normalized spacial score (nSPS) is 10.3. The van der Waals surface area contributed by atoms with Crippen molar-refractivity contribution in [1.29, 1.82) is 0 Å². The van der Waals surface area contributed by atoms with Crippen LogP contribution in [-0.2, 0) is 90.0 Å². The zero-order valence-corrected chi connectivity index (χ0v) is 97.0. The van der Waals surface area contributed by atoms with E-state index in [9.17, 15) is 0 Å². The van der Waals surface area contributed by atoms with Gasteiger partial charge in [0.15, 0.2) is 33.3 Å². The number of halogens is 1. The standard InChI is InChI=1S/C15H27NO4Si.C14H23NO2Si.C12H21NO2Si.C10H24O4Si.2C7H18O2Si.3C4H10.C2H6O.C2H4O.CH4O.IO4.Na.3O2Si/c1-4-18-21(19-5-2,20-6-3)12-8-11-17-15-10-7-9-14(16)13-15;1-5-15-13-8-6-9-14(12-13)17-10-7-11-18(3,4)16-2;1-14-16(2,3)9-5-8-15-12-7-4-6-11(13)10-12;1-5-12-15(13-6-2,14-7-3)10-8-9-11-4;2*1-8-6-5-7-10(3,4)9-2;3*1-4(2)3;2*1-2-3;1-2;2-1(3,4)5;;3*1-3-2/h7,9-10,13H,4-6,8,11-12,16H2,1-3H3;5-6,8-9,12H,7,10-11H2,1-4H3;4,6-7,10H,5,8-9,13H2,1-3H3;5-10H2,1-4H3;2*5-7H2,1-4H3;3*4H,1-3H3;3H,2H2,1H3;2H,1H3;2H,1H3;;;;;/q;;;;;;;;;;;;-1;+1;;;. The molecule has 0 saturated heterocycles. The van der Waals surface area contributed by atoms with Gasteiger partial charge in [0, 0.05) is 171 Å². The molecule has 0 spiro atoms. The van der Waals surface area contributed by atoms with Crippen molar-refractivity contribution < 1.29 is 178 Å². The molecule has 0 amide bonds. The van der Waals surface area contributed by atoms with Crippen LogP contribution < -0.4 is 89.1 Å². The molecule has 0 radical (unpaired) electrons. The average Bonchev–Trinajstić information content (AvgIpc) is 0.878. The monoisotopic (exact) mass is 2070 g/mol. The fraction of sp³-hybridized carbons (Fsp3) is 0.756. The van der Waals surface area contributed by atoms with Crippen molar-refractivity contribution in [2.45, 2.75) is 252 Å². The molecule has 0 aliphatic heterocycles. The third kappa shape index (κ3) is 148. The van der Waals surface area contributed by atoms with Crippen molar-refractivity contribution in [1.82, 2.24) is 0 Å². The molecule has 3 aromatic rings. The number of hydrogen-bond acceptors (Lipinski definition) is 32. The molecule has 0 aliphatic carbocycles. The average molecular weight is 2070 g/mol. The van der Waals surface area contributed by atoms with Gasteiger partial charge in [-0.15, -0.1) is 0 Å². The van der Waals surface area contributed by atoms with Gasteiger partial charge in [-0.05, 0) is 232 Å². The van der Waals surface area contributed by atoms with E-state index in [2.05, 4.69) is 120 Å².